The van der Waals surface area contributed by atoms with Crippen LogP contribution in [0.4, 0.5) is 10.1 Å². The number of benzene rings is 2. The molecule has 0 aliphatic carbocycles. The number of aryl methyl sites for hydroxylation is 1. The van der Waals surface area contributed by atoms with Crippen molar-refractivity contribution in [2.24, 2.45) is 0 Å². The van der Waals surface area contributed by atoms with Gasteiger partial charge in [-0.15, -0.1) is 0 Å². The zero-order valence-corrected chi connectivity index (χ0v) is 16.0. The smallest absolute Gasteiger partial charge is 0.250 e. The van der Waals surface area contributed by atoms with E-state index < -0.39 is 0 Å². The molecular formula is C21H22FN3OS. The zero-order valence-electron chi connectivity index (χ0n) is 15.2. The second-order valence-electron chi connectivity index (χ2n) is 6.49. The number of thiocarbonyl (C=S) groups is 1. The molecule has 1 saturated heterocycles. The van der Waals surface area contributed by atoms with Crippen LogP contribution >= 0.6 is 12.2 Å². The molecule has 1 heterocycles. The van der Waals surface area contributed by atoms with Crippen LogP contribution in [0.1, 0.15) is 11.1 Å². The minimum Gasteiger partial charge on any atom is -0.368 e. The Morgan fingerprint density at radius 3 is 2.30 bits per heavy atom. The van der Waals surface area contributed by atoms with E-state index in [1.54, 1.807) is 18.2 Å². The van der Waals surface area contributed by atoms with Crippen LogP contribution < -0.4 is 10.2 Å². The quantitative estimate of drug-likeness (QED) is 0.651. The van der Waals surface area contributed by atoms with Gasteiger partial charge in [-0.1, -0.05) is 29.8 Å². The topological polar surface area (TPSA) is 35.6 Å². The predicted octanol–water partition coefficient (Wildman–Crippen LogP) is 3.37. The number of carbonyl (C=O) groups excluding carboxylic acids is 1. The summed E-state index contributed by atoms with van der Waals surface area (Å²) in [5, 5.41) is 3.19. The Hall–Kier alpha value is -2.73. The molecule has 1 N–H and O–H groups in total. The van der Waals surface area contributed by atoms with E-state index in [9.17, 15) is 9.18 Å². The van der Waals surface area contributed by atoms with E-state index in [0.717, 1.165) is 24.3 Å². The minimum absolute atomic E-state index is 0.235. The lowest BCUT2D eigenvalue weighted by Crippen LogP contribution is -2.52. The summed E-state index contributed by atoms with van der Waals surface area (Å²) in [6.45, 7) is 4.96. The normalized spacial score (nSPS) is 14.4. The van der Waals surface area contributed by atoms with Gasteiger partial charge >= 0.3 is 0 Å². The third-order valence-corrected chi connectivity index (χ3v) is 4.85. The van der Waals surface area contributed by atoms with Crippen LogP contribution in [0.5, 0.6) is 0 Å². The first-order chi connectivity index (χ1) is 13.0. The van der Waals surface area contributed by atoms with Gasteiger partial charge in [-0.05, 0) is 55.0 Å². The molecular weight excluding hydrogens is 361 g/mol. The first-order valence-electron chi connectivity index (χ1n) is 8.86. The molecule has 2 aromatic carbocycles. The molecule has 1 amide bonds. The van der Waals surface area contributed by atoms with Gasteiger partial charge < -0.3 is 9.80 Å². The van der Waals surface area contributed by atoms with Gasteiger partial charge in [0.25, 0.3) is 0 Å². The standard InChI is InChI=1S/C21H22FN3OS/c1-16-2-4-17(5-3-16)6-11-20(26)23-21(27)25-14-12-24(13-15-25)19-9-7-18(22)8-10-19/h2-11H,12-15H2,1H3,(H,23,26,27)/b11-6+. The highest BCUT2D eigenvalue weighted by molar-refractivity contribution is 7.80. The van der Waals surface area contributed by atoms with Crippen molar-refractivity contribution >= 4 is 35.0 Å². The van der Waals surface area contributed by atoms with Crippen molar-refractivity contribution in [3.63, 3.8) is 0 Å². The van der Waals surface area contributed by atoms with E-state index >= 15 is 0 Å². The molecule has 0 spiro atoms. The van der Waals surface area contributed by atoms with Gasteiger partial charge in [0.1, 0.15) is 5.82 Å². The summed E-state index contributed by atoms with van der Waals surface area (Å²) in [4.78, 5) is 16.3. The Kier molecular flexibility index (Phi) is 6.19. The number of rotatable bonds is 3. The number of nitrogens with zero attached hydrogens (tertiary/aromatic N) is 2. The fourth-order valence-electron chi connectivity index (χ4n) is 2.90. The molecule has 4 nitrogen and oxygen atoms in total. The lowest BCUT2D eigenvalue weighted by atomic mass is 10.1. The average molecular weight is 383 g/mol. The highest BCUT2D eigenvalue weighted by Crippen LogP contribution is 2.17. The van der Waals surface area contributed by atoms with Crippen molar-refractivity contribution in [1.29, 1.82) is 0 Å². The largest absolute Gasteiger partial charge is 0.368 e. The summed E-state index contributed by atoms with van der Waals surface area (Å²) in [5.41, 5.74) is 3.14. The summed E-state index contributed by atoms with van der Waals surface area (Å²) in [6.07, 6.45) is 3.26. The number of amides is 1. The second kappa shape index (κ2) is 8.77. The molecule has 0 bridgehead atoms. The van der Waals surface area contributed by atoms with Crippen LogP contribution in [-0.2, 0) is 4.79 Å². The zero-order chi connectivity index (χ0) is 19.2. The number of piperazine rings is 1. The van der Waals surface area contributed by atoms with E-state index in [1.807, 2.05) is 36.1 Å². The van der Waals surface area contributed by atoms with Crippen LogP contribution in [0, 0.1) is 12.7 Å². The Bertz CT molecular complexity index is 826. The number of hydrogen-bond donors (Lipinski definition) is 1. The maximum Gasteiger partial charge on any atom is 0.250 e. The summed E-state index contributed by atoms with van der Waals surface area (Å²) in [6, 6.07) is 14.4. The van der Waals surface area contributed by atoms with Gasteiger partial charge in [0.05, 0.1) is 0 Å². The number of anilines is 1. The van der Waals surface area contributed by atoms with Crippen LogP contribution in [0.3, 0.4) is 0 Å². The molecule has 0 radical (unpaired) electrons. The molecule has 1 aliphatic rings. The fraction of sp³-hybridized carbons (Fsp3) is 0.238. The van der Waals surface area contributed by atoms with Gasteiger partial charge in [0.2, 0.25) is 5.91 Å². The molecule has 2 aromatic rings. The summed E-state index contributed by atoms with van der Waals surface area (Å²) in [7, 11) is 0. The van der Waals surface area contributed by atoms with Gasteiger partial charge in [0, 0.05) is 37.9 Å². The Labute approximate surface area is 164 Å². The third kappa shape index (κ3) is 5.37. The lowest BCUT2D eigenvalue weighted by molar-refractivity contribution is -0.115. The summed E-state index contributed by atoms with van der Waals surface area (Å²) in [5.74, 6) is -0.471. The Morgan fingerprint density at radius 2 is 1.67 bits per heavy atom. The SMILES string of the molecule is Cc1ccc(/C=C/C(=O)NC(=S)N2CCN(c3ccc(F)cc3)CC2)cc1. The molecule has 0 atom stereocenters. The van der Waals surface area contributed by atoms with Crippen molar-refractivity contribution in [1.82, 2.24) is 10.2 Å². The lowest BCUT2D eigenvalue weighted by Gasteiger charge is -2.37. The first kappa shape index (κ1) is 19.0. The van der Waals surface area contributed by atoms with E-state index in [2.05, 4.69) is 10.2 Å². The number of halogens is 1. The fourth-order valence-corrected chi connectivity index (χ4v) is 3.18. The summed E-state index contributed by atoms with van der Waals surface area (Å²) < 4.78 is 13.0. The monoisotopic (exact) mass is 383 g/mol. The summed E-state index contributed by atoms with van der Waals surface area (Å²) >= 11 is 5.36. The Balaban J connectivity index is 1.48. The molecule has 0 aromatic heterocycles. The van der Waals surface area contributed by atoms with E-state index in [0.29, 0.717) is 18.2 Å². The van der Waals surface area contributed by atoms with Crippen molar-refractivity contribution < 1.29 is 9.18 Å². The highest BCUT2D eigenvalue weighted by Gasteiger charge is 2.19. The van der Waals surface area contributed by atoms with Crippen molar-refractivity contribution in [2.45, 2.75) is 6.92 Å². The number of nitrogens with one attached hydrogen (secondary N) is 1. The Morgan fingerprint density at radius 1 is 1.04 bits per heavy atom. The molecule has 1 aliphatic heterocycles. The van der Waals surface area contributed by atoms with Gasteiger partial charge in [-0.25, -0.2) is 4.39 Å². The van der Waals surface area contributed by atoms with Crippen LogP contribution in [0.25, 0.3) is 6.08 Å². The second-order valence-corrected chi connectivity index (χ2v) is 6.88. The van der Waals surface area contributed by atoms with Gasteiger partial charge in [-0.2, -0.15) is 0 Å². The highest BCUT2D eigenvalue weighted by atomic mass is 32.1. The maximum atomic E-state index is 13.0. The molecule has 0 saturated carbocycles. The maximum absolute atomic E-state index is 13.0. The van der Waals surface area contributed by atoms with Crippen LogP contribution in [0.2, 0.25) is 0 Å². The third-order valence-electron chi connectivity index (χ3n) is 4.49. The average Bonchev–Trinajstić information content (AvgIpc) is 2.68. The van der Waals surface area contributed by atoms with Gasteiger partial charge in [0.15, 0.2) is 5.11 Å². The van der Waals surface area contributed by atoms with Crippen molar-refractivity contribution in [2.75, 3.05) is 31.1 Å². The van der Waals surface area contributed by atoms with Gasteiger partial charge in [-0.3, -0.25) is 10.1 Å². The van der Waals surface area contributed by atoms with Crippen molar-refractivity contribution in [3.8, 4) is 0 Å². The van der Waals surface area contributed by atoms with E-state index in [1.165, 1.54) is 23.8 Å². The predicted molar refractivity (Wildman–Crippen MR) is 111 cm³/mol. The molecule has 0 unspecified atom stereocenters. The number of carbonyl (C=O) groups is 1. The molecule has 1 fully saturated rings. The molecule has 140 valence electrons. The van der Waals surface area contributed by atoms with Crippen LogP contribution in [-0.4, -0.2) is 42.1 Å². The molecule has 6 heteroatoms. The first-order valence-corrected chi connectivity index (χ1v) is 9.27. The minimum atomic E-state index is -0.236. The molecule has 27 heavy (non-hydrogen) atoms. The van der Waals surface area contributed by atoms with Crippen molar-refractivity contribution in [3.05, 3.63) is 71.6 Å². The van der Waals surface area contributed by atoms with E-state index in [4.69, 9.17) is 12.2 Å². The van der Waals surface area contributed by atoms with E-state index in [-0.39, 0.29) is 11.7 Å². The number of hydrogen-bond acceptors (Lipinski definition) is 3. The molecule has 3 rings (SSSR count). The van der Waals surface area contributed by atoms with Crippen LogP contribution in [0.15, 0.2) is 54.6 Å².